The van der Waals surface area contributed by atoms with Gasteiger partial charge in [0.25, 0.3) is 0 Å². The Hall–Kier alpha value is -8.22. The van der Waals surface area contributed by atoms with Crippen molar-refractivity contribution in [2.24, 2.45) is 0 Å². The highest BCUT2D eigenvalue weighted by molar-refractivity contribution is 6.10. The van der Waals surface area contributed by atoms with Gasteiger partial charge in [-0.05, 0) is 34.9 Å². The average Bonchev–Trinajstić information content (AvgIpc) is 3.87. The number of para-hydroxylation sites is 2. The van der Waals surface area contributed by atoms with Crippen molar-refractivity contribution < 1.29 is 0 Å². The SMILES string of the molecule is C1=CC2C(C=C1c1ccc3c4ccccc4n(-c4cc(-c5ccccc5)nc(-c5ccccc5)n4)c3c1)c1ccccc1N2c1cc(-c2ccccc2)nc(-c2ccccc2)n1. The Labute approximate surface area is 359 Å². The molecule has 0 bridgehead atoms. The van der Waals surface area contributed by atoms with Gasteiger partial charge in [-0.15, -0.1) is 0 Å². The third-order valence-corrected chi connectivity index (χ3v) is 12.2. The minimum atomic E-state index is 0.0299. The van der Waals surface area contributed by atoms with Crippen LogP contribution >= 0.6 is 0 Å². The monoisotopic (exact) mass is 794 g/mol. The van der Waals surface area contributed by atoms with Crippen molar-refractivity contribution in [1.82, 2.24) is 24.5 Å². The van der Waals surface area contributed by atoms with Crippen LogP contribution in [0.2, 0.25) is 0 Å². The molecule has 62 heavy (non-hydrogen) atoms. The first-order valence-corrected chi connectivity index (χ1v) is 21.1. The van der Waals surface area contributed by atoms with Crippen molar-refractivity contribution in [3.8, 4) is 51.1 Å². The van der Waals surface area contributed by atoms with E-state index in [1.54, 1.807) is 0 Å². The zero-order chi connectivity index (χ0) is 41.0. The molecule has 1 aliphatic heterocycles. The second kappa shape index (κ2) is 14.8. The van der Waals surface area contributed by atoms with Crippen LogP contribution in [0.4, 0.5) is 11.5 Å². The Morgan fingerprint density at radius 3 is 1.60 bits per heavy atom. The second-order valence-electron chi connectivity index (χ2n) is 15.8. The first kappa shape index (κ1) is 35.7. The summed E-state index contributed by atoms with van der Waals surface area (Å²) in [5.41, 5.74) is 12.8. The summed E-state index contributed by atoms with van der Waals surface area (Å²) in [5, 5.41) is 2.35. The topological polar surface area (TPSA) is 59.7 Å². The molecule has 6 nitrogen and oxygen atoms in total. The van der Waals surface area contributed by atoms with E-state index in [-0.39, 0.29) is 12.0 Å². The van der Waals surface area contributed by atoms with Gasteiger partial charge in [0.1, 0.15) is 11.6 Å². The summed E-state index contributed by atoms with van der Waals surface area (Å²) in [6, 6.07) is 69.8. The smallest absolute Gasteiger partial charge is 0.162 e. The van der Waals surface area contributed by atoms with Gasteiger partial charge in [-0.25, -0.2) is 19.9 Å². The van der Waals surface area contributed by atoms with Gasteiger partial charge in [0.2, 0.25) is 0 Å². The number of aromatic nitrogens is 5. The quantitative estimate of drug-likeness (QED) is 0.161. The number of hydrogen-bond acceptors (Lipinski definition) is 5. The van der Waals surface area contributed by atoms with Crippen LogP contribution in [-0.2, 0) is 0 Å². The molecule has 7 aromatic carbocycles. The lowest BCUT2D eigenvalue weighted by atomic mass is 9.86. The molecule has 2 unspecified atom stereocenters. The van der Waals surface area contributed by atoms with E-state index < -0.39 is 0 Å². The molecule has 10 aromatic rings. The van der Waals surface area contributed by atoms with E-state index in [9.17, 15) is 0 Å². The van der Waals surface area contributed by atoms with E-state index in [0.29, 0.717) is 11.6 Å². The summed E-state index contributed by atoms with van der Waals surface area (Å²) < 4.78 is 2.31. The highest BCUT2D eigenvalue weighted by Crippen LogP contribution is 2.49. The molecule has 1 aliphatic carbocycles. The lowest BCUT2D eigenvalue weighted by molar-refractivity contribution is 0.740. The van der Waals surface area contributed by atoms with Gasteiger partial charge in [0, 0.05) is 56.8 Å². The molecule has 12 rings (SSSR count). The summed E-state index contributed by atoms with van der Waals surface area (Å²) in [5.74, 6) is 3.20. The molecule has 0 radical (unpaired) electrons. The van der Waals surface area contributed by atoms with Crippen LogP contribution in [0.25, 0.3) is 78.5 Å². The molecule has 0 saturated heterocycles. The third-order valence-electron chi connectivity index (χ3n) is 12.2. The Morgan fingerprint density at radius 1 is 0.403 bits per heavy atom. The normalized spacial score (nSPS) is 15.4. The number of benzene rings is 7. The van der Waals surface area contributed by atoms with Crippen molar-refractivity contribution in [2.45, 2.75) is 12.0 Å². The third kappa shape index (κ3) is 6.11. The zero-order valence-electron chi connectivity index (χ0n) is 33.6. The van der Waals surface area contributed by atoms with Gasteiger partial charge in [-0.3, -0.25) is 4.57 Å². The number of hydrogen-bond donors (Lipinski definition) is 0. The van der Waals surface area contributed by atoms with Crippen LogP contribution in [0.15, 0.2) is 218 Å². The van der Waals surface area contributed by atoms with E-state index >= 15 is 0 Å². The van der Waals surface area contributed by atoms with Gasteiger partial charge in [0.05, 0.1) is 28.5 Å². The number of nitrogens with zero attached hydrogens (tertiary/aromatic N) is 6. The van der Waals surface area contributed by atoms with Gasteiger partial charge in [0.15, 0.2) is 11.6 Å². The average molecular weight is 795 g/mol. The predicted octanol–water partition coefficient (Wildman–Crippen LogP) is 13.3. The lowest BCUT2D eigenvalue weighted by Gasteiger charge is -2.29. The molecule has 292 valence electrons. The molecular weight excluding hydrogens is 757 g/mol. The van der Waals surface area contributed by atoms with E-state index in [2.05, 4.69) is 179 Å². The first-order valence-electron chi connectivity index (χ1n) is 21.1. The van der Waals surface area contributed by atoms with Crippen LogP contribution in [0.5, 0.6) is 0 Å². The maximum atomic E-state index is 5.28. The van der Waals surface area contributed by atoms with Gasteiger partial charge in [-0.1, -0.05) is 188 Å². The molecule has 0 fully saturated rings. The molecule has 3 aromatic heterocycles. The second-order valence-corrected chi connectivity index (χ2v) is 15.8. The molecule has 0 spiro atoms. The van der Waals surface area contributed by atoms with Crippen LogP contribution in [-0.4, -0.2) is 30.5 Å². The molecule has 0 amide bonds. The van der Waals surface area contributed by atoms with Crippen molar-refractivity contribution in [2.75, 3.05) is 4.90 Å². The van der Waals surface area contributed by atoms with Crippen molar-refractivity contribution >= 4 is 38.9 Å². The zero-order valence-corrected chi connectivity index (χ0v) is 33.6. The van der Waals surface area contributed by atoms with Crippen molar-refractivity contribution in [3.05, 3.63) is 230 Å². The summed E-state index contributed by atoms with van der Waals surface area (Å²) >= 11 is 0. The Balaban J connectivity index is 0.986. The fourth-order valence-corrected chi connectivity index (χ4v) is 9.26. The predicted molar refractivity (Wildman–Crippen MR) is 252 cm³/mol. The molecule has 2 aliphatic rings. The molecule has 2 atom stereocenters. The largest absolute Gasteiger partial charge is 0.318 e. The van der Waals surface area contributed by atoms with E-state index in [4.69, 9.17) is 19.9 Å². The number of allylic oxidation sites excluding steroid dienone is 2. The van der Waals surface area contributed by atoms with Crippen LogP contribution in [0.3, 0.4) is 0 Å². The van der Waals surface area contributed by atoms with E-state index in [1.165, 1.54) is 21.9 Å². The van der Waals surface area contributed by atoms with Crippen LogP contribution in [0, 0.1) is 0 Å². The Bertz CT molecular complexity index is 3240. The molecule has 6 heteroatoms. The first-order chi connectivity index (χ1) is 30.7. The number of rotatable bonds is 7. The van der Waals surface area contributed by atoms with Gasteiger partial charge >= 0.3 is 0 Å². The molecular formula is C56H38N6. The maximum absolute atomic E-state index is 5.28. The summed E-state index contributed by atoms with van der Waals surface area (Å²) in [6.45, 7) is 0. The van der Waals surface area contributed by atoms with E-state index in [1.807, 2.05) is 48.5 Å². The lowest BCUT2D eigenvalue weighted by Crippen LogP contribution is -2.30. The summed E-state index contributed by atoms with van der Waals surface area (Å²) in [4.78, 5) is 23.1. The minimum absolute atomic E-state index is 0.0299. The highest BCUT2D eigenvalue weighted by atomic mass is 15.3. The summed E-state index contributed by atoms with van der Waals surface area (Å²) in [6.07, 6.45) is 7.09. The van der Waals surface area contributed by atoms with Crippen molar-refractivity contribution in [3.63, 3.8) is 0 Å². The maximum Gasteiger partial charge on any atom is 0.162 e. The number of fused-ring (bicyclic) bond motifs is 6. The number of anilines is 2. The van der Waals surface area contributed by atoms with Crippen LogP contribution in [0.1, 0.15) is 17.0 Å². The minimum Gasteiger partial charge on any atom is -0.318 e. The van der Waals surface area contributed by atoms with Gasteiger partial charge in [-0.2, -0.15) is 0 Å². The van der Waals surface area contributed by atoms with Crippen molar-refractivity contribution in [1.29, 1.82) is 0 Å². The fraction of sp³-hybridized carbons (Fsp3) is 0.0357. The van der Waals surface area contributed by atoms with E-state index in [0.717, 1.165) is 67.6 Å². The van der Waals surface area contributed by atoms with Gasteiger partial charge < -0.3 is 4.90 Å². The Morgan fingerprint density at radius 2 is 0.935 bits per heavy atom. The molecule has 4 heterocycles. The standard InChI is InChI=1S/C56H38N6/c1-5-17-37(18-6-1)47-35-53(59-55(57-47)39-21-9-3-10-22-39)61-50-28-16-14-26-44(50)46-33-41(30-32-51(46)61)42-29-31-45-43-25-13-15-27-49(43)62(52(45)34-42)54-36-48(38-19-7-2-8-20-38)58-56(60-54)40-23-11-4-12-24-40/h1-36,46,51H. The molecule has 0 N–H and O–H groups in total. The highest BCUT2D eigenvalue weighted by Gasteiger charge is 2.39. The fourth-order valence-electron chi connectivity index (χ4n) is 9.26. The summed E-state index contributed by atoms with van der Waals surface area (Å²) in [7, 11) is 0. The Kier molecular flexibility index (Phi) is 8.52. The molecule has 0 saturated carbocycles. The van der Waals surface area contributed by atoms with Crippen LogP contribution < -0.4 is 4.90 Å².